The summed E-state index contributed by atoms with van der Waals surface area (Å²) in [4.78, 5) is 42.5. The summed E-state index contributed by atoms with van der Waals surface area (Å²) < 4.78 is 16.7. The number of hydrogen-bond acceptors (Lipinski definition) is 9. The first kappa shape index (κ1) is 29.9. The van der Waals surface area contributed by atoms with Crippen LogP contribution in [0.25, 0.3) is 16.3 Å². The molecule has 2 aliphatic heterocycles. The third-order valence-corrected chi connectivity index (χ3v) is 10.2. The van der Waals surface area contributed by atoms with Gasteiger partial charge >= 0.3 is 11.9 Å². The van der Waals surface area contributed by atoms with Crippen molar-refractivity contribution in [2.24, 2.45) is 0 Å². The van der Waals surface area contributed by atoms with Gasteiger partial charge in [-0.15, -0.1) is 0 Å². The molecule has 0 radical (unpaired) electrons. The number of anilines is 1. The first-order valence-corrected chi connectivity index (χ1v) is 15.4. The van der Waals surface area contributed by atoms with E-state index in [2.05, 4.69) is 0 Å². The van der Waals surface area contributed by atoms with Crippen molar-refractivity contribution in [1.82, 2.24) is 0 Å². The van der Waals surface area contributed by atoms with Crippen LogP contribution in [0.2, 0.25) is 0 Å². The van der Waals surface area contributed by atoms with Gasteiger partial charge in [0.1, 0.15) is 15.6 Å². The third kappa shape index (κ3) is 5.23. The number of thiocarbonyl (C=S) groups is 1. The summed E-state index contributed by atoms with van der Waals surface area (Å²) in [5.41, 5.74) is 1.54. The number of esters is 2. The maximum atomic E-state index is 14.3. The SMILES string of the molecule is CCOC(=O)C1=C(C(=O)OCC)SC(=C2C(=S)C(C)(C)N(C(=O)c3ccc4ccccc4c3)c3ccc(OC)cc32)S1. The molecule has 0 aromatic heterocycles. The van der Waals surface area contributed by atoms with E-state index in [4.69, 9.17) is 26.4 Å². The molecule has 5 rings (SSSR count). The predicted molar refractivity (Wildman–Crippen MR) is 173 cm³/mol. The van der Waals surface area contributed by atoms with Crippen LogP contribution < -0.4 is 9.64 Å². The van der Waals surface area contributed by atoms with Crippen LogP contribution in [0.15, 0.2) is 74.7 Å². The van der Waals surface area contributed by atoms with E-state index in [1.807, 2.05) is 68.4 Å². The quantitative estimate of drug-likeness (QED) is 0.162. The molecular formula is C32H29NO6S3. The van der Waals surface area contributed by atoms with Gasteiger partial charge in [-0.25, -0.2) is 9.59 Å². The summed E-state index contributed by atoms with van der Waals surface area (Å²) in [6, 6.07) is 19.0. The van der Waals surface area contributed by atoms with Crippen molar-refractivity contribution in [2.75, 3.05) is 25.2 Å². The normalized spacial score (nSPS) is 16.0. The van der Waals surface area contributed by atoms with E-state index in [9.17, 15) is 14.4 Å². The minimum absolute atomic E-state index is 0.155. The Morgan fingerprint density at radius 2 is 1.48 bits per heavy atom. The molecule has 0 aliphatic carbocycles. The average Bonchev–Trinajstić information content (AvgIpc) is 3.42. The number of ether oxygens (including phenoxy) is 3. The molecule has 1 amide bonds. The Kier molecular flexibility index (Phi) is 8.50. The van der Waals surface area contributed by atoms with Gasteiger partial charge in [-0.05, 0) is 68.8 Å². The molecule has 2 aliphatic rings. The van der Waals surface area contributed by atoms with Gasteiger partial charge in [0.25, 0.3) is 5.91 Å². The smallest absolute Gasteiger partial charge is 0.346 e. The van der Waals surface area contributed by atoms with Gasteiger partial charge < -0.3 is 14.2 Å². The zero-order valence-corrected chi connectivity index (χ0v) is 26.3. The number of fused-ring (bicyclic) bond motifs is 2. The van der Waals surface area contributed by atoms with Crippen LogP contribution in [0.4, 0.5) is 5.69 Å². The Morgan fingerprint density at radius 1 is 0.857 bits per heavy atom. The van der Waals surface area contributed by atoms with Gasteiger partial charge in [0.15, 0.2) is 0 Å². The van der Waals surface area contributed by atoms with Crippen LogP contribution in [0, 0.1) is 0 Å². The monoisotopic (exact) mass is 619 g/mol. The molecule has 3 aromatic carbocycles. The average molecular weight is 620 g/mol. The minimum atomic E-state index is -0.945. The number of amides is 1. The number of benzene rings is 3. The minimum Gasteiger partial charge on any atom is -0.497 e. The number of carbonyl (C=O) groups excluding carboxylic acids is 3. The number of methoxy groups -OCH3 is 1. The van der Waals surface area contributed by atoms with E-state index in [1.54, 1.807) is 31.9 Å². The molecule has 0 atom stereocenters. The maximum Gasteiger partial charge on any atom is 0.346 e. The number of thioether (sulfide) groups is 2. The Bertz CT molecular complexity index is 1680. The Hall–Kier alpha value is -3.60. The molecule has 42 heavy (non-hydrogen) atoms. The zero-order valence-electron chi connectivity index (χ0n) is 23.8. The fourth-order valence-electron chi connectivity index (χ4n) is 4.95. The van der Waals surface area contributed by atoms with Crippen molar-refractivity contribution in [3.8, 4) is 5.75 Å². The number of nitrogens with zero attached hydrogens (tertiary/aromatic N) is 1. The summed E-state index contributed by atoms with van der Waals surface area (Å²) in [5, 5.41) is 2.00. The Balaban J connectivity index is 1.67. The standard InChI is InChI=1S/C32H29NO6S3/c1-6-38-29(35)25-26(30(36)39-7-2)42-31(41-25)24-22-17-21(37-5)14-15-23(22)33(32(3,4)27(24)40)28(34)20-13-12-18-10-8-9-11-19(18)16-20/h8-17H,6-7H2,1-5H3. The van der Waals surface area contributed by atoms with Crippen molar-refractivity contribution in [2.45, 2.75) is 33.2 Å². The summed E-state index contributed by atoms with van der Waals surface area (Å²) in [6.07, 6.45) is 0. The van der Waals surface area contributed by atoms with Crippen LogP contribution in [-0.2, 0) is 19.1 Å². The highest BCUT2D eigenvalue weighted by Gasteiger charge is 2.46. The highest BCUT2D eigenvalue weighted by atomic mass is 32.2. The first-order chi connectivity index (χ1) is 20.1. The third-order valence-electron chi connectivity index (χ3n) is 6.98. The van der Waals surface area contributed by atoms with Crippen molar-refractivity contribution in [3.05, 3.63) is 85.8 Å². The lowest BCUT2D eigenvalue weighted by Gasteiger charge is -2.45. The summed E-state index contributed by atoms with van der Waals surface area (Å²) in [5.74, 6) is -0.834. The molecular weight excluding hydrogens is 591 g/mol. The van der Waals surface area contributed by atoms with Crippen molar-refractivity contribution in [1.29, 1.82) is 0 Å². The zero-order chi connectivity index (χ0) is 30.2. The number of hydrogen-bond donors (Lipinski definition) is 0. The lowest BCUT2D eigenvalue weighted by atomic mass is 9.82. The van der Waals surface area contributed by atoms with Crippen LogP contribution >= 0.6 is 35.7 Å². The second-order valence-electron chi connectivity index (χ2n) is 9.94. The van der Waals surface area contributed by atoms with Crippen LogP contribution in [0.5, 0.6) is 5.75 Å². The lowest BCUT2D eigenvalue weighted by molar-refractivity contribution is -0.140. The van der Waals surface area contributed by atoms with Crippen LogP contribution in [-0.4, -0.2) is 48.6 Å². The largest absolute Gasteiger partial charge is 0.497 e. The first-order valence-electron chi connectivity index (χ1n) is 13.4. The molecule has 0 N–H and O–H groups in total. The molecule has 3 aromatic rings. The van der Waals surface area contributed by atoms with Crippen LogP contribution in [0.1, 0.15) is 43.6 Å². The maximum absolute atomic E-state index is 14.3. The van der Waals surface area contributed by atoms with Gasteiger partial charge in [-0.3, -0.25) is 9.69 Å². The van der Waals surface area contributed by atoms with Gasteiger partial charge in [0.2, 0.25) is 0 Å². The van der Waals surface area contributed by atoms with E-state index in [0.29, 0.717) is 37.2 Å². The Labute approximate surface area is 258 Å². The predicted octanol–water partition coefficient (Wildman–Crippen LogP) is 7.14. The van der Waals surface area contributed by atoms with E-state index in [0.717, 1.165) is 34.3 Å². The fraction of sp³-hybridized carbons (Fsp3) is 0.250. The molecule has 216 valence electrons. The van der Waals surface area contributed by atoms with Crippen molar-refractivity contribution < 1.29 is 28.6 Å². The number of carbonyl (C=O) groups is 3. The van der Waals surface area contributed by atoms with Crippen LogP contribution in [0.3, 0.4) is 0 Å². The molecule has 0 spiro atoms. The fourth-order valence-corrected chi connectivity index (χ4v) is 7.93. The molecule has 0 saturated heterocycles. The van der Waals surface area contributed by atoms with Crippen molar-refractivity contribution >= 4 is 80.5 Å². The molecule has 0 fully saturated rings. The van der Waals surface area contributed by atoms with E-state index in [-0.39, 0.29) is 28.9 Å². The summed E-state index contributed by atoms with van der Waals surface area (Å²) in [6.45, 7) is 7.53. The second kappa shape index (κ2) is 11.9. The molecule has 0 unspecified atom stereocenters. The Morgan fingerprint density at radius 3 is 2.07 bits per heavy atom. The van der Waals surface area contributed by atoms with E-state index < -0.39 is 17.5 Å². The van der Waals surface area contributed by atoms with E-state index >= 15 is 0 Å². The molecule has 0 bridgehead atoms. The number of rotatable bonds is 6. The molecule has 2 heterocycles. The topological polar surface area (TPSA) is 82.1 Å². The highest BCUT2D eigenvalue weighted by molar-refractivity contribution is 8.29. The second-order valence-corrected chi connectivity index (χ2v) is 12.6. The van der Waals surface area contributed by atoms with Gasteiger partial charge in [-0.1, -0.05) is 66.1 Å². The van der Waals surface area contributed by atoms with Gasteiger partial charge in [-0.2, -0.15) is 0 Å². The summed E-state index contributed by atoms with van der Waals surface area (Å²) in [7, 11) is 1.57. The summed E-state index contributed by atoms with van der Waals surface area (Å²) >= 11 is 8.38. The molecule has 0 saturated carbocycles. The van der Waals surface area contributed by atoms with Gasteiger partial charge in [0, 0.05) is 16.7 Å². The van der Waals surface area contributed by atoms with Crippen molar-refractivity contribution in [3.63, 3.8) is 0 Å². The van der Waals surface area contributed by atoms with E-state index in [1.165, 1.54) is 0 Å². The van der Waals surface area contributed by atoms with Gasteiger partial charge in [0.05, 0.1) is 40.7 Å². The lowest BCUT2D eigenvalue weighted by Crippen LogP contribution is -2.56. The highest BCUT2D eigenvalue weighted by Crippen LogP contribution is 2.56. The molecule has 7 nitrogen and oxygen atoms in total. The molecule has 10 heteroatoms.